The molecule has 0 spiro atoms. The highest BCUT2D eigenvalue weighted by molar-refractivity contribution is 5.89. The lowest BCUT2D eigenvalue weighted by atomic mass is 10.2. The highest BCUT2D eigenvalue weighted by Gasteiger charge is 2.01. The van der Waals surface area contributed by atoms with E-state index in [1.165, 1.54) is 0 Å². The third-order valence-electron chi connectivity index (χ3n) is 1.75. The zero-order valence-electron chi connectivity index (χ0n) is 8.16. The molecule has 0 aliphatic heterocycles. The van der Waals surface area contributed by atoms with Gasteiger partial charge in [-0.1, -0.05) is 6.92 Å². The Labute approximate surface area is 83.0 Å². The fourth-order valence-electron chi connectivity index (χ4n) is 1.07. The van der Waals surface area contributed by atoms with Crippen LogP contribution in [0.2, 0.25) is 0 Å². The summed E-state index contributed by atoms with van der Waals surface area (Å²) in [5.74, 6) is 0.449. The number of carbonyl (C=O) groups is 1. The van der Waals surface area contributed by atoms with Crippen LogP contribution in [0.1, 0.15) is 25.3 Å². The summed E-state index contributed by atoms with van der Waals surface area (Å²) in [5.41, 5.74) is 0.742. The Morgan fingerprint density at radius 1 is 1.64 bits per heavy atom. The maximum Gasteiger partial charge on any atom is 0.225 e. The van der Waals surface area contributed by atoms with Crippen molar-refractivity contribution in [3.8, 4) is 0 Å². The van der Waals surface area contributed by atoms with Crippen molar-refractivity contribution in [2.45, 2.75) is 26.4 Å². The lowest BCUT2D eigenvalue weighted by Gasteiger charge is -2.04. The van der Waals surface area contributed by atoms with Gasteiger partial charge in [0.2, 0.25) is 5.91 Å². The van der Waals surface area contributed by atoms with Crippen molar-refractivity contribution >= 4 is 11.7 Å². The number of nitrogens with one attached hydrogen (secondary N) is 1. The lowest BCUT2D eigenvalue weighted by Crippen LogP contribution is -2.11. The number of aliphatic hydroxyl groups is 1. The molecule has 4 heteroatoms. The summed E-state index contributed by atoms with van der Waals surface area (Å²) in [6.07, 6.45) is 2.86. The fourth-order valence-corrected chi connectivity index (χ4v) is 1.07. The first-order valence-corrected chi connectivity index (χ1v) is 4.62. The van der Waals surface area contributed by atoms with Crippen LogP contribution >= 0.6 is 0 Å². The summed E-state index contributed by atoms with van der Waals surface area (Å²) in [5, 5.41) is 11.5. The number of carbonyl (C=O) groups excluding carboxylic acids is 1. The van der Waals surface area contributed by atoms with Crippen molar-refractivity contribution in [2.24, 2.45) is 0 Å². The largest absolute Gasteiger partial charge is 0.392 e. The van der Waals surface area contributed by atoms with Gasteiger partial charge in [0.05, 0.1) is 6.61 Å². The van der Waals surface area contributed by atoms with E-state index in [-0.39, 0.29) is 12.5 Å². The molecule has 0 unspecified atom stereocenters. The van der Waals surface area contributed by atoms with Crippen LogP contribution in [0.5, 0.6) is 0 Å². The van der Waals surface area contributed by atoms with E-state index in [4.69, 9.17) is 5.11 Å². The van der Waals surface area contributed by atoms with Crippen molar-refractivity contribution in [3.63, 3.8) is 0 Å². The number of nitrogens with zero attached hydrogens (tertiary/aromatic N) is 1. The Morgan fingerprint density at radius 3 is 3.07 bits per heavy atom. The molecule has 1 amide bonds. The van der Waals surface area contributed by atoms with Gasteiger partial charge in [-0.15, -0.1) is 0 Å². The minimum atomic E-state index is -0.0462. The Hall–Kier alpha value is -1.42. The number of anilines is 1. The number of rotatable bonds is 4. The van der Waals surface area contributed by atoms with Gasteiger partial charge in [0.1, 0.15) is 5.82 Å². The Kier molecular flexibility index (Phi) is 4.07. The first-order chi connectivity index (χ1) is 6.76. The van der Waals surface area contributed by atoms with E-state index in [9.17, 15) is 4.79 Å². The van der Waals surface area contributed by atoms with Gasteiger partial charge in [-0.05, 0) is 24.1 Å². The quantitative estimate of drug-likeness (QED) is 0.759. The van der Waals surface area contributed by atoms with E-state index in [1.54, 1.807) is 18.3 Å². The van der Waals surface area contributed by atoms with Crippen molar-refractivity contribution in [2.75, 3.05) is 5.32 Å². The second-order valence-corrected chi connectivity index (χ2v) is 3.01. The number of hydrogen-bond acceptors (Lipinski definition) is 3. The van der Waals surface area contributed by atoms with Gasteiger partial charge < -0.3 is 10.4 Å². The molecule has 1 aromatic rings. The van der Waals surface area contributed by atoms with Crippen LogP contribution < -0.4 is 5.32 Å². The highest BCUT2D eigenvalue weighted by Crippen LogP contribution is 2.07. The van der Waals surface area contributed by atoms with Crippen molar-refractivity contribution in [1.29, 1.82) is 0 Å². The van der Waals surface area contributed by atoms with Crippen LogP contribution in [0.25, 0.3) is 0 Å². The predicted molar refractivity (Wildman–Crippen MR) is 53.7 cm³/mol. The summed E-state index contributed by atoms with van der Waals surface area (Å²) in [6.45, 7) is 1.90. The molecule has 2 N–H and O–H groups in total. The van der Waals surface area contributed by atoms with E-state index < -0.39 is 0 Å². The average molecular weight is 194 g/mol. The molecule has 0 saturated carbocycles. The molecule has 0 atom stereocenters. The van der Waals surface area contributed by atoms with Gasteiger partial charge in [-0.25, -0.2) is 4.98 Å². The smallest absolute Gasteiger partial charge is 0.225 e. The second kappa shape index (κ2) is 5.34. The first-order valence-electron chi connectivity index (χ1n) is 4.62. The second-order valence-electron chi connectivity index (χ2n) is 3.01. The van der Waals surface area contributed by atoms with E-state index in [0.717, 1.165) is 12.0 Å². The molecule has 1 heterocycles. The summed E-state index contributed by atoms with van der Waals surface area (Å²) in [4.78, 5) is 15.2. The zero-order valence-corrected chi connectivity index (χ0v) is 8.16. The molecule has 14 heavy (non-hydrogen) atoms. The zero-order chi connectivity index (χ0) is 10.4. The van der Waals surface area contributed by atoms with Crippen LogP contribution in [-0.2, 0) is 11.4 Å². The van der Waals surface area contributed by atoms with E-state index in [2.05, 4.69) is 10.3 Å². The van der Waals surface area contributed by atoms with E-state index in [1.807, 2.05) is 6.92 Å². The van der Waals surface area contributed by atoms with Gasteiger partial charge in [0.25, 0.3) is 0 Å². The molecular formula is C10H14N2O2. The normalized spacial score (nSPS) is 9.86. The minimum absolute atomic E-state index is 0.0425. The number of amides is 1. The van der Waals surface area contributed by atoms with Crippen LogP contribution in [0.3, 0.4) is 0 Å². The van der Waals surface area contributed by atoms with Crippen LogP contribution in [0.4, 0.5) is 5.82 Å². The highest BCUT2D eigenvalue weighted by atomic mass is 16.3. The molecule has 1 aromatic heterocycles. The molecule has 76 valence electrons. The minimum Gasteiger partial charge on any atom is -0.392 e. The molecule has 0 aliphatic carbocycles. The third-order valence-corrected chi connectivity index (χ3v) is 1.75. The molecular weight excluding hydrogens is 180 g/mol. The molecule has 0 aromatic carbocycles. The number of hydrogen-bond donors (Lipinski definition) is 2. The number of pyridine rings is 1. The summed E-state index contributed by atoms with van der Waals surface area (Å²) < 4.78 is 0. The number of aromatic nitrogens is 1. The van der Waals surface area contributed by atoms with Crippen LogP contribution in [-0.4, -0.2) is 16.0 Å². The Balaban J connectivity index is 2.62. The third kappa shape index (κ3) is 3.14. The summed E-state index contributed by atoms with van der Waals surface area (Å²) in [7, 11) is 0. The van der Waals surface area contributed by atoms with Gasteiger partial charge in [-0.2, -0.15) is 0 Å². The SMILES string of the molecule is CCCC(=O)Nc1cc(CO)ccn1. The predicted octanol–water partition coefficient (Wildman–Crippen LogP) is 1.31. The lowest BCUT2D eigenvalue weighted by molar-refractivity contribution is -0.116. The maximum atomic E-state index is 11.2. The maximum absolute atomic E-state index is 11.2. The van der Waals surface area contributed by atoms with Crippen molar-refractivity contribution in [1.82, 2.24) is 4.98 Å². The molecule has 0 fully saturated rings. The van der Waals surface area contributed by atoms with Crippen molar-refractivity contribution < 1.29 is 9.90 Å². The van der Waals surface area contributed by atoms with Gasteiger partial charge in [-0.3, -0.25) is 4.79 Å². The van der Waals surface area contributed by atoms with Gasteiger partial charge in [0, 0.05) is 12.6 Å². The van der Waals surface area contributed by atoms with E-state index in [0.29, 0.717) is 12.2 Å². The molecule has 0 aliphatic rings. The Morgan fingerprint density at radius 2 is 2.43 bits per heavy atom. The fraction of sp³-hybridized carbons (Fsp3) is 0.400. The Bertz CT molecular complexity index is 313. The molecule has 1 rings (SSSR count). The number of aliphatic hydroxyl groups excluding tert-OH is 1. The van der Waals surface area contributed by atoms with Gasteiger partial charge in [0.15, 0.2) is 0 Å². The molecule has 0 saturated heterocycles. The topological polar surface area (TPSA) is 62.2 Å². The molecule has 0 radical (unpaired) electrons. The molecule has 4 nitrogen and oxygen atoms in total. The summed E-state index contributed by atoms with van der Waals surface area (Å²) in [6, 6.07) is 3.36. The van der Waals surface area contributed by atoms with E-state index >= 15 is 0 Å². The first kappa shape index (κ1) is 10.7. The summed E-state index contributed by atoms with van der Waals surface area (Å²) >= 11 is 0. The average Bonchev–Trinajstić information content (AvgIpc) is 2.18. The van der Waals surface area contributed by atoms with Crippen LogP contribution in [0, 0.1) is 0 Å². The standard InChI is InChI=1S/C10H14N2O2/c1-2-3-10(14)12-9-6-8(7-13)4-5-11-9/h4-6,13H,2-3,7H2,1H3,(H,11,12,14). The molecule has 0 bridgehead atoms. The van der Waals surface area contributed by atoms with Gasteiger partial charge >= 0.3 is 0 Å². The monoisotopic (exact) mass is 194 g/mol. The van der Waals surface area contributed by atoms with Crippen LogP contribution in [0.15, 0.2) is 18.3 Å². The van der Waals surface area contributed by atoms with Crippen molar-refractivity contribution in [3.05, 3.63) is 23.9 Å².